The fourth-order valence-electron chi connectivity index (χ4n) is 2.37. The molecule has 4 nitrogen and oxygen atoms in total. The maximum Gasteiger partial charge on any atom is 0.322 e. The quantitative estimate of drug-likeness (QED) is 0.596. The molecule has 0 bridgehead atoms. The lowest BCUT2D eigenvalue weighted by Crippen LogP contribution is -2.34. The van der Waals surface area contributed by atoms with Crippen molar-refractivity contribution in [3.8, 4) is 0 Å². The standard InChI is InChI=1S/C15H29NO3/c1-15(2,3)10-14(19-13(17)11-16-4)18-12-8-6-5-7-9-12/h12,14,16H,5-11H2,1-4H3. The maximum atomic E-state index is 11.6. The van der Waals surface area contributed by atoms with Crippen LogP contribution in [0.2, 0.25) is 0 Å². The lowest BCUT2D eigenvalue weighted by Gasteiger charge is -2.31. The van der Waals surface area contributed by atoms with E-state index >= 15 is 0 Å². The number of carbonyl (C=O) groups excluding carboxylic acids is 1. The number of ether oxygens (including phenoxy) is 2. The van der Waals surface area contributed by atoms with Gasteiger partial charge in [0.15, 0.2) is 0 Å². The molecule has 0 aromatic carbocycles. The second-order valence-electron chi connectivity index (χ2n) is 6.61. The van der Waals surface area contributed by atoms with Gasteiger partial charge in [0.1, 0.15) is 0 Å². The molecule has 1 aliphatic rings. The second kappa shape index (κ2) is 7.85. The maximum absolute atomic E-state index is 11.6. The van der Waals surface area contributed by atoms with Crippen LogP contribution in [0.4, 0.5) is 0 Å². The highest BCUT2D eigenvalue weighted by Gasteiger charge is 2.26. The van der Waals surface area contributed by atoms with Gasteiger partial charge in [0.25, 0.3) is 0 Å². The monoisotopic (exact) mass is 271 g/mol. The van der Waals surface area contributed by atoms with E-state index in [1.165, 1.54) is 19.3 Å². The molecule has 0 aromatic rings. The average Bonchev–Trinajstić information content (AvgIpc) is 2.28. The first-order chi connectivity index (χ1) is 8.90. The summed E-state index contributed by atoms with van der Waals surface area (Å²) in [7, 11) is 1.74. The van der Waals surface area contributed by atoms with Gasteiger partial charge in [-0.3, -0.25) is 4.79 Å². The Hall–Kier alpha value is -0.610. The molecule has 1 unspecified atom stereocenters. The van der Waals surface area contributed by atoms with Crippen molar-refractivity contribution in [1.82, 2.24) is 5.32 Å². The molecule has 1 N–H and O–H groups in total. The molecule has 1 rings (SSSR count). The van der Waals surface area contributed by atoms with Crippen LogP contribution >= 0.6 is 0 Å². The van der Waals surface area contributed by atoms with Gasteiger partial charge in [0.2, 0.25) is 6.29 Å². The number of hydrogen-bond donors (Lipinski definition) is 1. The van der Waals surface area contributed by atoms with Gasteiger partial charge in [-0.05, 0) is 25.3 Å². The molecule has 19 heavy (non-hydrogen) atoms. The summed E-state index contributed by atoms with van der Waals surface area (Å²) in [5.74, 6) is -0.243. The number of rotatable bonds is 6. The van der Waals surface area contributed by atoms with Crippen molar-refractivity contribution in [2.75, 3.05) is 13.6 Å². The molecule has 1 aliphatic carbocycles. The van der Waals surface area contributed by atoms with Crippen LogP contribution in [0, 0.1) is 5.41 Å². The predicted molar refractivity (Wildman–Crippen MR) is 75.8 cm³/mol. The van der Waals surface area contributed by atoms with E-state index in [4.69, 9.17) is 9.47 Å². The normalized spacial score (nSPS) is 19.2. The molecule has 1 fully saturated rings. The van der Waals surface area contributed by atoms with Crippen LogP contribution in [0.25, 0.3) is 0 Å². The molecule has 0 radical (unpaired) electrons. The van der Waals surface area contributed by atoms with Crippen molar-refractivity contribution in [2.24, 2.45) is 5.41 Å². The number of nitrogens with one attached hydrogen (secondary N) is 1. The van der Waals surface area contributed by atoms with Gasteiger partial charge in [-0.2, -0.15) is 0 Å². The van der Waals surface area contributed by atoms with Crippen molar-refractivity contribution in [3.05, 3.63) is 0 Å². The Bertz CT molecular complexity index is 267. The smallest absolute Gasteiger partial charge is 0.322 e. The first-order valence-corrected chi connectivity index (χ1v) is 7.40. The van der Waals surface area contributed by atoms with Crippen LogP contribution in [-0.4, -0.2) is 32.0 Å². The largest absolute Gasteiger partial charge is 0.435 e. The fraction of sp³-hybridized carbons (Fsp3) is 0.933. The van der Waals surface area contributed by atoms with E-state index < -0.39 is 6.29 Å². The molecule has 0 amide bonds. The average molecular weight is 271 g/mol. The summed E-state index contributed by atoms with van der Waals surface area (Å²) in [4.78, 5) is 11.6. The Balaban J connectivity index is 2.49. The Kier molecular flexibility index (Phi) is 6.80. The number of likely N-dealkylation sites (N-methyl/N-ethyl adjacent to an activating group) is 1. The van der Waals surface area contributed by atoms with Gasteiger partial charge >= 0.3 is 5.97 Å². The van der Waals surface area contributed by atoms with E-state index in [9.17, 15) is 4.79 Å². The van der Waals surface area contributed by atoms with Crippen LogP contribution in [0.5, 0.6) is 0 Å². The summed E-state index contributed by atoms with van der Waals surface area (Å²) in [5.41, 5.74) is 0.0826. The minimum Gasteiger partial charge on any atom is -0.435 e. The van der Waals surface area contributed by atoms with E-state index in [0.717, 1.165) is 19.3 Å². The van der Waals surface area contributed by atoms with Gasteiger partial charge in [-0.25, -0.2) is 0 Å². The molecule has 0 heterocycles. The van der Waals surface area contributed by atoms with E-state index in [-0.39, 0.29) is 24.0 Å². The van der Waals surface area contributed by atoms with Crippen molar-refractivity contribution in [3.63, 3.8) is 0 Å². The van der Waals surface area contributed by atoms with Crippen LogP contribution < -0.4 is 5.32 Å². The summed E-state index contributed by atoms with van der Waals surface area (Å²) in [6.45, 7) is 6.64. The van der Waals surface area contributed by atoms with Crippen LogP contribution in [0.3, 0.4) is 0 Å². The third kappa shape index (κ3) is 7.53. The van der Waals surface area contributed by atoms with Crippen molar-refractivity contribution >= 4 is 5.97 Å². The summed E-state index contributed by atoms with van der Waals surface area (Å²) >= 11 is 0. The minimum atomic E-state index is -0.413. The Morgan fingerprint density at radius 1 is 1.26 bits per heavy atom. The summed E-state index contributed by atoms with van der Waals surface area (Å²) in [6, 6.07) is 0. The lowest BCUT2D eigenvalue weighted by atomic mass is 9.91. The molecule has 4 heteroatoms. The van der Waals surface area contributed by atoms with E-state index in [0.29, 0.717) is 0 Å². The first-order valence-electron chi connectivity index (χ1n) is 7.40. The Labute approximate surface area is 117 Å². The summed E-state index contributed by atoms with van der Waals surface area (Å²) < 4.78 is 11.5. The fourth-order valence-corrected chi connectivity index (χ4v) is 2.37. The number of carbonyl (C=O) groups is 1. The molecule has 112 valence electrons. The van der Waals surface area contributed by atoms with Crippen molar-refractivity contribution < 1.29 is 14.3 Å². The van der Waals surface area contributed by atoms with Gasteiger partial charge in [0, 0.05) is 6.42 Å². The SMILES string of the molecule is CNCC(=O)OC(CC(C)(C)C)OC1CCCCC1. The molecular formula is C15H29NO3. The third-order valence-corrected chi connectivity index (χ3v) is 3.26. The van der Waals surface area contributed by atoms with Gasteiger partial charge in [-0.15, -0.1) is 0 Å². The Morgan fingerprint density at radius 3 is 2.42 bits per heavy atom. The molecule has 0 aromatic heterocycles. The molecule has 0 saturated heterocycles. The molecule has 0 aliphatic heterocycles. The minimum absolute atomic E-state index is 0.0826. The molecular weight excluding hydrogens is 242 g/mol. The molecule has 0 spiro atoms. The highest BCUT2D eigenvalue weighted by Crippen LogP contribution is 2.27. The van der Waals surface area contributed by atoms with Crippen LogP contribution in [-0.2, 0) is 14.3 Å². The lowest BCUT2D eigenvalue weighted by molar-refractivity contribution is -0.198. The van der Waals surface area contributed by atoms with Crippen molar-refractivity contribution in [2.45, 2.75) is 71.7 Å². The van der Waals surface area contributed by atoms with E-state index in [2.05, 4.69) is 26.1 Å². The summed E-state index contributed by atoms with van der Waals surface area (Å²) in [5, 5.41) is 2.81. The molecule has 1 atom stereocenters. The van der Waals surface area contributed by atoms with Crippen LogP contribution in [0.15, 0.2) is 0 Å². The van der Waals surface area contributed by atoms with Gasteiger partial charge in [-0.1, -0.05) is 40.0 Å². The second-order valence-corrected chi connectivity index (χ2v) is 6.61. The van der Waals surface area contributed by atoms with E-state index in [1.54, 1.807) is 7.05 Å². The topological polar surface area (TPSA) is 47.6 Å². The van der Waals surface area contributed by atoms with E-state index in [1.807, 2.05) is 0 Å². The predicted octanol–water partition coefficient (Wildman–Crippen LogP) is 2.86. The van der Waals surface area contributed by atoms with Crippen LogP contribution in [0.1, 0.15) is 59.3 Å². The zero-order chi connectivity index (χ0) is 14.3. The third-order valence-electron chi connectivity index (χ3n) is 3.26. The highest BCUT2D eigenvalue weighted by molar-refractivity contribution is 5.71. The summed E-state index contributed by atoms with van der Waals surface area (Å²) in [6.07, 6.45) is 6.48. The van der Waals surface area contributed by atoms with Gasteiger partial charge < -0.3 is 14.8 Å². The zero-order valence-corrected chi connectivity index (χ0v) is 12.8. The van der Waals surface area contributed by atoms with Crippen molar-refractivity contribution in [1.29, 1.82) is 0 Å². The first kappa shape index (κ1) is 16.4. The van der Waals surface area contributed by atoms with Gasteiger partial charge in [0.05, 0.1) is 12.6 Å². The zero-order valence-electron chi connectivity index (χ0n) is 12.8. The number of esters is 1. The highest BCUT2D eigenvalue weighted by atomic mass is 16.7. The Morgan fingerprint density at radius 2 is 1.89 bits per heavy atom. The molecule has 1 saturated carbocycles. The number of hydrogen-bond acceptors (Lipinski definition) is 4.